The number of hydrogen-bond acceptors (Lipinski definition) is 6. The largest absolute Gasteiger partial charge is 0.342 e. The lowest BCUT2D eigenvalue weighted by Gasteiger charge is -2.16. The van der Waals surface area contributed by atoms with E-state index in [1.807, 2.05) is 0 Å². The van der Waals surface area contributed by atoms with Crippen LogP contribution in [0.2, 0.25) is 5.02 Å². The van der Waals surface area contributed by atoms with Crippen LogP contribution in [0.3, 0.4) is 0 Å². The lowest BCUT2D eigenvalue weighted by atomic mass is 10.3. The lowest BCUT2D eigenvalue weighted by Crippen LogP contribution is -2.24. The number of rotatable bonds is 4. The Labute approximate surface area is 161 Å². The molecule has 0 saturated carbocycles. The molecule has 8 nitrogen and oxygen atoms in total. The summed E-state index contributed by atoms with van der Waals surface area (Å²) in [6.07, 6.45) is 0. The van der Waals surface area contributed by atoms with E-state index in [1.165, 1.54) is 25.1 Å². The molecule has 0 atom stereocenters. The van der Waals surface area contributed by atoms with Crippen molar-refractivity contribution in [2.75, 3.05) is 16.4 Å². The Balaban J connectivity index is 1.85. The van der Waals surface area contributed by atoms with Gasteiger partial charge in [0.1, 0.15) is 16.5 Å². The Morgan fingerprint density at radius 3 is 2.67 bits per heavy atom. The summed E-state index contributed by atoms with van der Waals surface area (Å²) in [5, 5.41) is 5.58. The topological polar surface area (TPSA) is 122 Å². The quantitative estimate of drug-likeness (QED) is 0.771. The number of benzene rings is 2. The first-order valence-corrected chi connectivity index (χ1v) is 11.0. The molecule has 0 aromatic heterocycles. The predicted octanol–water partition coefficient (Wildman–Crippen LogP) is 2.28. The van der Waals surface area contributed by atoms with E-state index in [-0.39, 0.29) is 21.3 Å². The van der Waals surface area contributed by atoms with Crippen molar-refractivity contribution in [3.05, 3.63) is 47.5 Å². The van der Waals surface area contributed by atoms with Crippen molar-refractivity contribution in [2.45, 2.75) is 16.7 Å². The van der Waals surface area contributed by atoms with Crippen LogP contribution in [-0.2, 0) is 24.7 Å². The maximum absolute atomic E-state index is 12.5. The Hall–Kier alpha value is -2.43. The van der Waals surface area contributed by atoms with Crippen LogP contribution >= 0.6 is 11.6 Å². The molecule has 1 heterocycles. The molecule has 1 aliphatic rings. The zero-order valence-electron chi connectivity index (χ0n) is 13.9. The summed E-state index contributed by atoms with van der Waals surface area (Å²) in [6, 6.07) is 9.82. The third kappa shape index (κ3) is 4.29. The number of carbonyl (C=O) groups excluding carboxylic acids is 1. The number of nitrogens with zero attached hydrogens (tertiary/aromatic N) is 1. The molecule has 0 aliphatic carbocycles. The van der Waals surface area contributed by atoms with E-state index < -0.39 is 31.5 Å². The van der Waals surface area contributed by atoms with Crippen LogP contribution in [0.25, 0.3) is 0 Å². The molecule has 2 aromatic carbocycles. The van der Waals surface area contributed by atoms with Crippen LogP contribution < -0.4 is 10.6 Å². The first-order valence-electron chi connectivity index (χ1n) is 7.58. The minimum absolute atomic E-state index is 0.180. The molecule has 0 bridgehead atoms. The van der Waals surface area contributed by atoms with Crippen molar-refractivity contribution in [3.63, 3.8) is 0 Å². The number of hydrogen-bond donors (Lipinski definition) is 2. The van der Waals surface area contributed by atoms with Gasteiger partial charge in [0.25, 0.3) is 10.0 Å². The molecule has 0 spiro atoms. The van der Waals surface area contributed by atoms with E-state index in [4.69, 9.17) is 11.6 Å². The Bertz CT molecular complexity index is 1170. The van der Waals surface area contributed by atoms with Gasteiger partial charge in [-0.05, 0) is 43.3 Å². The van der Waals surface area contributed by atoms with Gasteiger partial charge in [-0.3, -0.25) is 4.79 Å². The SMILES string of the molecule is CC1=NS(=O)(=O)c2cc(S(=O)(=O)CC(=O)Nc3cccc(Cl)c3)ccc2N1. The fourth-order valence-corrected chi connectivity index (χ4v) is 5.08. The van der Waals surface area contributed by atoms with Gasteiger partial charge >= 0.3 is 0 Å². The van der Waals surface area contributed by atoms with Crippen LogP contribution in [0.5, 0.6) is 0 Å². The number of sulfonamides is 1. The fourth-order valence-electron chi connectivity index (χ4n) is 2.48. The third-order valence-corrected chi connectivity index (χ3v) is 6.85. The van der Waals surface area contributed by atoms with Crippen molar-refractivity contribution < 1.29 is 21.6 Å². The first kappa shape index (κ1) is 19.3. The minimum Gasteiger partial charge on any atom is -0.342 e. The summed E-state index contributed by atoms with van der Waals surface area (Å²) in [7, 11) is -8.08. The molecule has 3 rings (SSSR count). The number of amidine groups is 1. The number of amides is 1. The summed E-state index contributed by atoms with van der Waals surface area (Å²) < 4.78 is 52.8. The summed E-state index contributed by atoms with van der Waals surface area (Å²) in [5.41, 5.74) is 0.578. The van der Waals surface area contributed by atoms with Crippen LogP contribution in [0.1, 0.15) is 6.92 Å². The molecular weight excluding hydrogens is 414 g/mol. The highest BCUT2D eigenvalue weighted by Crippen LogP contribution is 2.30. The zero-order valence-corrected chi connectivity index (χ0v) is 16.3. The third-order valence-electron chi connectivity index (χ3n) is 3.59. The maximum atomic E-state index is 12.5. The predicted molar refractivity (Wildman–Crippen MR) is 102 cm³/mol. The summed E-state index contributed by atoms with van der Waals surface area (Å²) >= 11 is 5.82. The molecule has 2 aromatic rings. The van der Waals surface area contributed by atoms with Crippen molar-refractivity contribution in [2.24, 2.45) is 4.40 Å². The first-order chi connectivity index (χ1) is 12.6. The molecular formula is C16H14ClN3O5S2. The molecule has 0 fully saturated rings. The van der Waals surface area contributed by atoms with Gasteiger partial charge in [-0.15, -0.1) is 4.40 Å². The van der Waals surface area contributed by atoms with Crippen LogP contribution in [-0.4, -0.2) is 34.3 Å². The van der Waals surface area contributed by atoms with Gasteiger partial charge in [-0.1, -0.05) is 17.7 Å². The maximum Gasteiger partial charge on any atom is 0.286 e. The second-order valence-electron chi connectivity index (χ2n) is 5.75. The number of carbonyl (C=O) groups is 1. The van der Waals surface area contributed by atoms with Gasteiger partial charge in [-0.2, -0.15) is 8.42 Å². The molecule has 0 unspecified atom stereocenters. The molecule has 11 heteroatoms. The number of anilines is 2. The molecule has 0 saturated heterocycles. The van der Waals surface area contributed by atoms with E-state index in [0.29, 0.717) is 10.7 Å². The standard InChI is InChI=1S/C16H14ClN3O5S2/c1-10-18-14-6-5-13(8-15(14)27(24,25)20-10)26(22,23)9-16(21)19-12-4-2-3-11(17)7-12/h2-8H,9H2,1H3,(H,18,20)(H,19,21). The van der Waals surface area contributed by atoms with Crippen LogP contribution in [0.4, 0.5) is 11.4 Å². The van der Waals surface area contributed by atoms with Crippen LogP contribution in [0.15, 0.2) is 56.7 Å². The lowest BCUT2D eigenvalue weighted by molar-refractivity contribution is -0.113. The van der Waals surface area contributed by atoms with E-state index in [9.17, 15) is 21.6 Å². The van der Waals surface area contributed by atoms with Crippen molar-refractivity contribution >= 4 is 54.6 Å². The second-order valence-corrected chi connectivity index (χ2v) is 9.75. The Morgan fingerprint density at radius 1 is 1.22 bits per heavy atom. The fraction of sp³-hybridized carbons (Fsp3) is 0.125. The smallest absolute Gasteiger partial charge is 0.286 e. The summed E-state index contributed by atoms with van der Waals surface area (Å²) in [5.74, 6) is -1.45. The van der Waals surface area contributed by atoms with E-state index in [0.717, 1.165) is 6.07 Å². The monoisotopic (exact) mass is 427 g/mol. The molecule has 27 heavy (non-hydrogen) atoms. The van der Waals surface area contributed by atoms with Gasteiger partial charge in [0.15, 0.2) is 9.84 Å². The van der Waals surface area contributed by atoms with Crippen molar-refractivity contribution in [1.29, 1.82) is 0 Å². The van der Waals surface area contributed by atoms with E-state index in [1.54, 1.807) is 18.2 Å². The van der Waals surface area contributed by atoms with Gasteiger partial charge in [0, 0.05) is 10.7 Å². The average Bonchev–Trinajstić information content (AvgIpc) is 2.52. The van der Waals surface area contributed by atoms with Gasteiger partial charge in [0.2, 0.25) is 5.91 Å². The van der Waals surface area contributed by atoms with E-state index in [2.05, 4.69) is 15.0 Å². The Kier molecular flexibility index (Phi) is 4.98. The number of sulfone groups is 1. The normalized spacial score (nSPS) is 15.3. The highest BCUT2D eigenvalue weighted by Gasteiger charge is 2.27. The number of halogens is 1. The highest BCUT2D eigenvalue weighted by atomic mass is 35.5. The van der Waals surface area contributed by atoms with Gasteiger partial charge in [-0.25, -0.2) is 8.42 Å². The average molecular weight is 428 g/mol. The number of fused-ring (bicyclic) bond motifs is 1. The summed E-state index contributed by atoms with van der Waals surface area (Å²) in [6.45, 7) is 1.48. The minimum atomic E-state index is -4.07. The Morgan fingerprint density at radius 2 is 1.96 bits per heavy atom. The molecule has 2 N–H and O–H groups in total. The van der Waals surface area contributed by atoms with Gasteiger partial charge < -0.3 is 10.6 Å². The van der Waals surface area contributed by atoms with Crippen LogP contribution in [0, 0.1) is 0 Å². The zero-order chi connectivity index (χ0) is 19.8. The van der Waals surface area contributed by atoms with Crippen molar-refractivity contribution in [1.82, 2.24) is 0 Å². The molecule has 1 amide bonds. The van der Waals surface area contributed by atoms with Crippen molar-refractivity contribution in [3.8, 4) is 0 Å². The molecule has 1 aliphatic heterocycles. The van der Waals surface area contributed by atoms with E-state index >= 15 is 0 Å². The molecule has 142 valence electrons. The summed E-state index contributed by atoms with van der Waals surface area (Å²) in [4.78, 5) is 11.5. The van der Waals surface area contributed by atoms with Gasteiger partial charge in [0.05, 0.1) is 10.6 Å². The molecule has 0 radical (unpaired) electrons. The highest BCUT2D eigenvalue weighted by molar-refractivity contribution is 7.92. The number of nitrogens with one attached hydrogen (secondary N) is 2. The second kappa shape index (κ2) is 6.95.